The molecule has 0 aromatic heterocycles. The molecule has 0 fully saturated rings. The Morgan fingerprint density at radius 2 is 0.476 bits per heavy atom. The fourth-order valence-electron chi connectivity index (χ4n) is 9.71. The minimum atomic E-state index is -0.793. The van der Waals surface area contributed by atoms with Crippen molar-refractivity contribution in [1.82, 2.24) is 0 Å². The molecule has 8 bridgehead atoms. The van der Waals surface area contributed by atoms with Crippen LogP contribution in [0.25, 0.3) is 0 Å². The summed E-state index contributed by atoms with van der Waals surface area (Å²) in [5, 5.41) is 12.2. The van der Waals surface area contributed by atoms with Crippen LogP contribution in [0.5, 0.6) is 23.0 Å². The number of carbonyl (C=O) groups is 4. The minimum Gasteiger partial charge on any atom is -0.493 e. The molecule has 0 unspecified atom stereocenters. The van der Waals surface area contributed by atoms with E-state index in [0.29, 0.717) is 72.2 Å². The van der Waals surface area contributed by atoms with Crippen LogP contribution >= 0.6 is 0 Å². The number of fused-ring (bicyclic) bond motifs is 8. The van der Waals surface area contributed by atoms with Crippen molar-refractivity contribution in [3.05, 3.63) is 93.0 Å². The molecule has 0 heterocycles. The second-order valence-corrected chi connectivity index (χ2v) is 25.9. The zero-order valence-electron chi connectivity index (χ0n) is 53.7. The van der Waals surface area contributed by atoms with E-state index < -0.39 is 46.8 Å². The molecule has 84 heavy (non-hydrogen) atoms. The number of hydrogen-bond donors (Lipinski definition) is 4. The normalized spacial score (nSPS) is 12.6. The summed E-state index contributed by atoms with van der Waals surface area (Å²) in [6, 6.07) is 15.3. The predicted octanol–water partition coefficient (Wildman–Crippen LogP) is 18.0. The third-order valence-electron chi connectivity index (χ3n) is 13.1. The lowest BCUT2D eigenvalue weighted by Crippen LogP contribution is -2.27. The van der Waals surface area contributed by atoms with Crippen LogP contribution in [0.3, 0.4) is 0 Å². The smallest absolute Gasteiger partial charge is 0.412 e. The van der Waals surface area contributed by atoms with Gasteiger partial charge in [0.15, 0.2) is 0 Å². The second kappa shape index (κ2) is 31.3. The van der Waals surface area contributed by atoms with Gasteiger partial charge in [-0.1, -0.05) is 79.1 Å². The second-order valence-electron chi connectivity index (χ2n) is 25.9. The number of hydrogen-bond acceptors (Lipinski definition) is 12. The van der Waals surface area contributed by atoms with Gasteiger partial charge < -0.3 is 37.9 Å². The molecule has 0 saturated carbocycles. The van der Waals surface area contributed by atoms with Gasteiger partial charge in [0, 0.05) is 92.9 Å². The fourth-order valence-corrected chi connectivity index (χ4v) is 9.71. The Morgan fingerprint density at radius 3 is 0.619 bits per heavy atom. The Bertz CT molecular complexity index is 2360. The number of anilines is 4. The fraction of sp³-hybridized carbons (Fsp3) is 0.588. The Kier molecular flexibility index (Phi) is 25.4. The standard InChI is InChI=1S/C68H100N4O12/c1-17-21-25-29-77-57-45-33-47-39-54(70-62(74)82-66(8,9)10)41-49(58(47)78-30-26-22-18-2)35-51-43-56(72-64(76)84-68(14,15)16)44-52(60(51)80-32-28-24-20-4)36-50-42-55(71-63(75)83-67(11,12)13)40-48(59(50)79-31-27-23-19-3)34-46(57)38-53(37-45)69-61(73)81-65(5,6)7/h37-44H,17-36H2,1-16H3,(H,69,73)(H,70,74)(H,71,75)(H,72,76). The third-order valence-corrected chi connectivity index (χ3v) is 13.1. The van der Waals surface area contributed by atoms with E-state index in [-0.39, 0.29) is 25.7 Å². The molecule has 4 aromatic rings. The van der Waals surface area contributed by atoms with Gasteiger partial charge in [0.2, 0.25) is 0 Å². The average Bonchev–Trinajstić information content (AvgIpc) is 3.54. The summed E-state index contributed by atoms with van der Waals surface area (Å²) in [6.07, 6.45) is 9.11. The zero-order chi connectivity index (χ0) is 61.8. The lowest BCUT2D eigenvalue weighted by atomic mass is 9.90. The summed E-state index contributed by atoms with van der Waals surface area (Å²) in [7, 11) is 0. The number of carbonyl (C=O) groups excluding carboxylic acids is 4. The molecule has 4 amide bonds. The first-order chi connectivity index (χ1) is 39.5. The van der Waals surface area contributed by atoms with Gasteiger partial charge in [-0.2, -0.15) is 0 Å². The zero-order valence-corrected chi connectivity index (χ0v) is 53.7. The van der Waals surface area contributed by atoms with Crippen molar-refractivity contribution >= 4 is 47.1 Å². The Labute approximate surface area is 501 Å². The summed E-state index contributed by atoms with van der Waals surface area (Å²) in [5.41, 5.74) is 4.45. The first kappa shape index (κ1) is 67.9. The number of amides is 4. The van der Waals surface area contributed by atoms with Crippen molar-refractivity contribution in [2.24, 2.45) is 0 Å². The molecule has 1 aliphatic carbocycles. The van der Waals surface area contributed by atoms with Crippen LogP contribution in [-0.2, 0) is 44.6 Å². The van der Waals surface area contributed by atoms with Gasteiger partial charge in [0.05, 0.1) is 26.4 Å². The Hall–Kier alpha value is -6.84. The van der Waals surface area contributed by atoms with E-state index in [2.05, 4.69) is 49.0 Å². The maximum absolute atomic E-state index is 13.8. The molecule has 0 radical (unpaired) electrons. The summed E-state index contributed by atoms with van der Waals surface area (Å²) in [5.74, 6) is 2.41. The lowest BCUT2D eigenvalue weighted by molar-refractivity contribution is 0.0624. The summed E-state index contributed by atoms with van der Waals surface area (Å²) in [4.78, 5) is 55.4. The maximum Gasteiger partial charge on any atom is 0.412 e. The maximum atomic E-state index is 13.8. The molecule has 4 aromatic carbocycles. The van der Waals surface area contributed by atoms with Gasteiger partial charge in [0.25, 0.3) is 0 Å². The van der Waals surface area contributed by atoms with E-state index in [4.69, 9.17) is 37.9 Å². The number of nitrogens with one attached hydrogen (secondary N) is 4. The van der Waals surface area contributed by atoms with Gasteiger partial charge in [-0.15, -0.1) is 0 Å². The largest absolute Gasteiger partial charge is 0.493 e. The van der Waals surface area contributed by atoms with Gasteiger partial charge >= 0.3 is 24.4 Å². The van der Waals surface area contributed by atoms with E-state index >= 15 is 0 Å². The van der Waals surface area contributed by atoms with Crippen LogP contribution in [0, 0.1) is 0 Å². The summed E-state index contributed by atoms with van der Waals surface area (Å²) in [6.45, 7) is 32.0. The molecule has 0 spiro atoms. The molecule has 16 heteroatoms. The molecule has 0 aliphatic heterocycles. The number of rotatable bonds is 24. The highest BCUT2D eigenvalue weighted by atomic mass is 16.6. The van der Waals surface area contributed by atoms with E-state index in [0.717, 1.165) is 122 Å². The highest BCUT2D eigenvalue weighted by Gasteiger charge is 2.28. The minimum absolute atomic E-state index is 0.206. The first-order valence-corrected chi connectivity index (χ1v) is 30.7. The van der Waals surface area contributed by atoms with Gasteiger partial charge in [-0.3, -0.25) is 21.3 Å². The van der Waals surface area contributed by atoms with E-state index in [1.165, 1.54) is 0 Å². The molecule has 464 valence electrons. The van der Waals surface area contributed by atoms with Crippen molar-refractivity contribution in [1.29, 1.82) is 0 Å². The van der Waals surface area contributed by atoms with Gasteiger partial charge in [0.1, 0.15) is 45.4 Å². The van der Waals surface area contributed by atoms with E-state index in [1.54, 1.807) is 0 Å². The predicted molar refractivity (Wildman–Crippen MR) is 336 cm³/mol. The topological polar surface area (TPSA) is 190 Å². The monoisotopic (exact) mass is 1160 g/mol. The van der Waals surface area contributed by atoms with Crippen LogP contribution in [0.2, 0.25) is 0 Å². The van der Waals surface area contributed by atoms with Crippen LogP contribution in [0.1, 0.15) is 232 Å². The Morgan fingerprint density at radius 1 is 0.310 bits per heavy atom. The highest BCUT2D eigenvalue weighted by Crippen LogP contribution is 2.43. The molecule has 0 saturated heterocycles. The van der Waals surface area contributed by atoms with Gasteiger partial charge in [-0.05, 0) is 157 Å². The van der Waals surface area contributed by atoms with Crippen molar-refractivity contribution in [3.8, 4) is 23.0 Å². The van der Waals surface area contributed by atoms with Crippen molar-refractivity contribution in [2.45, 2.75) is 236 Å². The number of unbranched alkanes of at least 4 members (excludes halogenated alkanes) is 8. The summed E-state index contributed by atoms with van der Waals surface area (Å²) >= 11 is 0. The number of ether oxygens (including phenoxy) is 8. The third kappa shape index (κ3) is 23.3. The molecular weight excluding hydrogens is 1060 g/mol. The molecular formula is C68H100N4O12. The van der Waals surface area contributed by atoms with Crippen molar-refractivity contribution < 1.29 is 57.1 Å². The van der Waals surface area contributed by atoms with Crippen LogP contribution < -0.4 is 40.2 Å². The van der Waals surface area contributed by atoms with E-state index in [9.17, 15) is 19.2 Å². The van der Waals surface area contributed by atoms with E-state index in [1.807, 2.05) is 132 Å². The molecule has 4 N–H and O–H groups in total. The van der Waals surface area contributed by atoms with Crippen molar-refractivity contribution in [2.75, 3.05) is 47.7 Å². The SMILES string of the molecule is CCCCCOc1c2cc(NC(=O)OC(C)(C)C)cc1Cc1cc(NC(=O)OC(C)(C)C)cc(c1OCCCCC)Cc1cc(NC(=O)OC(C)(C)C)cc(c1OCCCCC)Cc1cc(NC(=O)OC(C)(C)C)cc(c1OCCCCC)C2. The van der Waals surface area contributed by atoms with Crippen LogP contribution in [0.15, 0.2) is 48.5 Å². The van der Waals surface area contributed by atoms with Gasteiger partial charge in [-0.25, -0.2) is 19.2 Å². The first-order valence-electron chi connectivity index (χ1n) is 30.7. The highest BCUT2D eigenvalue weighted by molar-refractivity contribution is 5.88. The average molecular weight is 1170 g/mol. The number of benzene rings is 4. The van der Waals surface area contributed by atoms with Crippen molar-refractivity contribution in [3.63, 3.8) is 0 Å². The Balaban J connectivity index is 2.02. The molecule has 1 aliphatic rings. The molecule has 16 nitrogen and oxygen atoms in total. The molecule has 5 rings (SSSR count). The lowest BCUT2D eigenvalue weighted by Gasteiger charge is -2.26. The molecule has 0 atom stereocenters. The van der Waals surface area contributed by atoms with Crippen LogP contribution in [0.4, 0.5) is 41.9 Å². The quantitative estimate of drug-likeness (QED) is 0.0338. The van der Waals surface area contributed by atoms with Crippen LogP contribution in [-0.4, -0.2) is 73.2 Å². The summed E-state index contributed by atoms with van der Waals surface area (Å²) < 4.78 is 51.5.